The van der Waals surface area contributed by atoms with E-state index in [0.717, 1.165) is 10.6 Å². The summed E-state index contributed by atoms with van der Waals surface area (Å²) in [6.07, 6.45) is 0.326. The molecule has 1 aromatic rings. The fourth-order valence-electron chi connectivity index (χ4n) is 2.01. The van der Waals surface area contributed by atoms with Crippen LogP contribution in [-0.2, 0) is 4.74 Å². The van der Waals surface area contributed by atoms with E-state index in [1.54, 1.807) is 0 Å². The van der Waals surface area contributed by atoms with Gasteiger partial charge in [-0.05, 0) is 11.5 Å². The van der Waals surface area contributed by atoms with Gasteiger partial charge in [-0.15, -0.1) is 0 Å². The van der Waals surface area contributed by atoms with Gasteiger partial charge >= 0.3 is 0 Å². The molecule has 1 heterocycles. The second kappa shape index (κ2) is 4.32. The van der Waals surface area contributed by atoms with E-state index in [4.69, 9.17) is 16.3 Å². The summed E-state index contributed by atoms with van der Waals surface area (Å²) < 4.78 is 5.95. The quantitative estimate of drug-likeness (QED) is 0.690. The van der Waals surface area contributed by atoms with Crippen molar-refractivity contribution in [2.75, 3.05) is 0 Å². The minimum Gasteiger partial charge on any atom is -0.367 e. The van der Waals surface area contributed by atoms with E-state index < -0.39 is 0 Å². The molecule has 1 aromatic carbocycles. The van der Waals surface area contributed by atoms with Crippen LogP contribution in [0.15, 0.2) is 24.3 Å². The van der Waals surface area contributed by atoms with Crippen molar-refractivity contribution in [3.8, 4) is 0 Å². The normalized spacial score (nSPS) is 29.9. The zero-order chi connectivity index (χ0) is 11.9. The summed E-state index contributed by atoms with van der Waals surface area (Å²) in [7, 11) is 0. The third-order valence-electron chi connectivity index (χ3n) is 2.94. The highest BCUT2D eigenvalue weighted by molar-refractivity contribution is 9.09. The van der Waals surface area contributed by atoms with Gasteiger partial charge in [-0.25, -0.2) is 0 Å². The zero-order valence-corrected chi connectivity index (χ0v) is 12.0. The lowest BCUT2D eigenvalue weighted by Crippen LogP contribution is -2.51. The first kappa shape index (κ1) is 12.4. The van der Waals surface area contributed by atoms with E-state index in [-0.39, 0.29) is 17.6 Å². The summed E-state index contributed by atoms with van der Waals surface area (Å²) in [5, 5.41) is 0.782. The molecule has 88 valence electrons. The summed E-state index contributed by atoms with van der Waals surface area (Å²) >= 11 is 9.87. The number of halogens is 2. The maximum absolute atomic E-state index is 6.16. The van der Waals surface area contributed by atoms with Crippen molar-refractivity contribution >= 4 is 27.5 Å². The SMILES string of the molecule is CC(C)(C)C1OC(c2ccccc2Cl)C1Br. The van der Waals surface area contributed by atoms with Crippen LogP contribution in [0.3, 0.4) is 0 Å². The second-order valence-electron chi connectivity index (χ2n) is 5.31. The number of hydrogen-bond donors (Lipinski definition) is 0. The maximum Gasteiger partial charge on any atom is 0.0994 e. The molecule has 3 atom stereocenters. The topological polar surface area (TPSA) is 9.23 Å². The Kier molecular flexibility index (Phi) is 3.35. The van der Waals surface area contributed by atoms with Gasteiger partial charge in [-0.2, -0.15) is 0 Å². The number of ether oxygens (including phenoxy) is 1. The molecule has 1 fully saturated rings. The monoisotopic (exact) mass is 302 g/mol. The molecule has 0 amide bonds. The number of alkyl halides is 1. The summed E-state index contributed by atoms with van der Waals surface area (Å²) in [4.78, 5) is 0.340. The molecule has 3 heteroatoms. The van der Waals surface area contributed by atoms with Gasteiger partial charge in [0.1, 0.15) is 0 Å². The van der Waals surface area contributed by atoms with Gasteiger partial charge < -0.3 is 4.74 Å². The molecule has 0 bridgehead atoms. The third kappa shape index (κ3) is 2.15. The van der Waals surface area contributed by atoms with Gasteiger partial charge in [-0.1, -0.05) is 66.5 Å². The molecule has 2 rings (SSSR count). The van der Waals surface area contributed by atoms with E-state index in [0.29, 0.717) is 4.83 Å². The predicted octanol–water partition coefficient (Wildman–Crippen LogP) is 4.59. The van der Waals surface area contributed by atoms with E-state index in [2.05, 4.69) is 36.7 Å². The minimum atomic E-state index is 0.0814. The second-order valence-corrected chi connectivity index (χ2v) is 6.77. The van der Waals surface area contributed by atoms with Crippen molar-refractivity contribution in [3.05, 3.63) is 34.9 Å². The van der Waals surface area contributed by atoms with Gasteiger partial charge in [0.15, 0.2) is 0 Å². The molecule has 1 nitrogen and oxygen atoms in total. The lowest BCUT2D eigenvalue weighted by Gasteiger charge is -2.48. The first-order chi connectivity index (χ1) is 7.41. The fourth-order valence-corrected chi connectivity index (χ4v) is 3.58. The summed E-state index contributed by atoms with van der Waals surface area (Å²) in [6, 6.07) is 7.87. The van der Waals surface area contributed by atoms with Crippen molar-refractivity contribution in [1.82, 2.24) is 0 Å². The zero-order valence-electron chi connectivity index (χ0n) is 9.71. The van der Waals surface area contributed by atoms with E-state index in [1.807, 2.05) is 24.3 Å². The molecule has 1 aliphatic heterocycles. The summed E-state index contributed by atoms with van der Waals surface area (Å²) in [5.74, 6) is 0. The van der Waals surface area contributed by atoms with Crippen LogP contribution in [0, 0.1) is 5.41 Å². The molecule has 0 aromatic heterocycles. The van der Waals surface area contributed by atoms with Crippen LogP contribution in [0.2, 0.25) is 5.02 Å². The third-order valence-corrected chi connectivity index (χ3v) is 4.24. The maximum atomic E-state index is 6.16. The number of benzene rings is 1. The smallest absolute Gasteiger partial charge is 0.0994 e. The van der Waals surface area contributed by atoms with Crippen LogP contribution in [0.25, 0.3) is 0 Å². The van der Waals surface area contributed by atoms with Gasteiger partial charge in [0, 0.05) is 10.6 Å². The average molecular weight is 304 g/mol. The Morgan fingerprint density at radius 2 is 1.88 bits per heavy atom. The van der Waals surface area contributed by atoms with Crippen molar-refractivity contribution in [1.29, 1.82) is 0 Å². The average Bonchev–Trinajstić information content (AvgIpc) is 2.17. The van der Waals surface area contributed by atoms with Crippen LogP contribution < -0.4 is 0 Å². The highest BCUT2D eigenvalue weighted by Gasteiger charge is 2.47. The van der Waals surface area contributed by atoms with Crippen LogP contribution in [0.1, 0.15) is 32.4 Å². The molecule has 1 aliphatic rings. The van der Waals surface area contributed by atoms with Crippen LogP contribution in [-0.4, -0.2) is 10.9 Å². The van der Waals surface area contributed by atoms with Crippen LogP contribution in [0.4, 0.5) is 0 Å². The van der Waals surface area contributed by atoms with Crippen LogP contribution in [0.5, 0.6) is 0 Å². The lowest BCUT2D eigenvalue weighted by atomic mass is 9.80. The Morgan fingerprint density at radius 1 is 1.25 bits per heavy atom. The standard InChI is InChI=1S/C13H16BrClO/c1-13(2,3)12-10(14)11(16-12)8-6-4-5-7-9(8)15/h4-7,10-12H,1-3H3. The Balaban J connectivity index is 2.15. The first-order valence-corrected chi connectivity index (χ1v) is 6.74. The number of hydrogen-bond acceptors (Lipinski definition) is 1. The van der Waals surface area contributed by atoms with Crippen molar-refractivity contribution < 1.29 is 4.74 Å². The van der Waals surface area contributed by atoms with E-state index in [1.165, 1.54) is 0 Å². The highest BCUT2D eigenvalue weighted by atomic mass is 79.9. The molecular formula is C13H16BrClO. The van der Waals surface area contributed by atoms with Crippen LogP contribution >= 0.6 is 27.5 Å². The van der Waals surface area contributed by atoms with Crippen molar-refractivity contribution in [3.63, 3.8) is 0 Å². The lowest BCUT2D eigenvalue weighted by molar-refractivity contribution is -0.162. The molecule has 1 saturated heterocycles. The Hall–Kier alpha value is -0.0500. The van der Waals surface area contributed by atoms with Gasteiger partial charge in [0.2, 0.25) is 0 Å². The molecule has 16 heavy (non-hydrogen) atoms. The molecule has 0 radical (unpaired) electrons. The minimum absolute atomic E-state index is 0.0814. The number of rotatable bonds is 1. The molecular weight excluding hydrogens is 287 g/mol. The molecule has 3 unspecified atom stereocenters. The van der Waals surface area contributed by atoms with Gasteiger partial charge in [0.05, 0.1) is 17.0 Å². The Morgan fingerprint density at radius 3 is 2.38 bits per heavy atom. The van der Waals surface area contributed by atoms with E-state index in [9.17, 15) is 0 Å². The predicted molar refractivity (Wildman–Crippen MR) is 71.2 cm³/mol. The van der Waals surface area contributed by atoms with Crippen molar-refractivity contribution in [2.24, 2.45) is 5.41 Å². The Labute approximate surface area is 110 Å². The van der Waals surface area contributed by atoms with Gasteiger partial charge in [0.25, 0.3) is 0 Å². The van der Waals surface area contributed by atoms with Crippen molar-refractivity contribution in [2.45, 2.75) is 37.8 Å². The largest absolute Gasteiger partial charge is 0.367 e. The molecule has 0 saturated carbocycles. The fraction of sp³-hybridized carbons (Fsp3) is 0.538. The summed E-state index contributed by atoms with van der Waals surface area (Å²) in [6.45, 7) is 6.57. The Bertz CT molecular complexity index is 386. The molecule has 0 N–H and O–H groups in total. The summed E-state index contributed by atoms with van der Waals surface area (Å²) in [5.41, 5.74) is 1.23. The molecule has 0 spiro atoms. The van der Waals surface area contributed by atoms with Gasteiger partial charge in [-0.3, -0.25) is 0 Å². The van der Waals surface area contributed by atoms with E-state index >= 15 is 0 Å². The first-order valence-electron chi connectivity index (χ1n) is 5.45. The highest BCUT2D eigenvalue weighted by Crippen LogP contribution is 2.48. The molecule has 0 aliphatic carbocycles.